The molecule has 2 aliphatic rings. The van der Waals surface area contributed by atoms with Gasteiger partial charge in [0.05, 0.1) is 6.61 Å². The smallest absolute Gasteiger partial charge is 0.0613 e. The summed E-state index contributed by atoms with van der Waals surface area (Å²) in [5, 5.41) is 13.0. The second-order valence-electron chi connectivity index (χ2n) is 5.09. The van der Waals surface area contributed by atoms with Crippen molar-refractivity contribution in [1.82, 2.24) is 10.2 Å². The summed E-state index contributed by atoms with van der Waals surface area (Å²) in [4.78, 5) is 2.39. The Morgan fingerprint density at radius 2 is 2.43 bits per heavy atom. The fourth-order valence-corrected chi connectivity index (χ4v) is 2.99. The van der Waals surface area contributed by atoms with E-state index >= 15 is 0 Å². The van der Waals surface area contributed by atoms with E-state index < -0.39 is 0 Å². The summed E-state index contributed by atoms with van der Waals surface area (Å²) in [6.45, 7) is 3.84. The second-order valence-corrected chi connectivity index (χ2v) is 5.09. The van der Waals surface area contributed by atoms with Gasteiger partial charge in [-0.05, 0) is 51.7 Å². The van der Waals surface area contributed by atoms with Crippen LogP contribution in [0.15, 0.2) is 0 Å². The Kier molecular flexibility index (Phi) is 3.10. The van der Waals surface area contributed by atoms with Crippen LogP contribution in [0, 0.1) is 5.92 Å². The molecule has 0 spiro atoms. The fourth-order valence-electron chi connectivity index (χ4n) is 2.99. The van der Waals surface area contributed by atoms with E-state index in [-0.39, 0.29) is 5.54 Å². The van der Waals surface area contributed by atoms with Crippen LogP contribution in [0.3, 0.4) is 0 Å². The van der Waals surface area contributed by atoms with E-state index in [9.17, 15) is 5.11 Å². The number of likely N-dealkylation sites (tertiary alicyclic amines) is 1. The van der Waals surface area contributed by atoms with Crippen LogP contribution >= 0.6 is 0 Å². The van der Waals surface area contributed by atoms with Crippen molar-refractivity contribution in [2.75, 3.05) is 33.3 Å². The van der Waals surface area contributed by atoms with E-state index in [1.807, 2.05) is 0 Å². The number of nitrogens with zero attached hydrogens (tertiary/aromatic N) is 1. The number of hydrogen-bond donors (Lipinski definition) is 2. The van der Waals surface area contributed by atoms with Gasteiger partial charge < -0.3 is 15.3 Å². The van der Waals surface area contributed by atoms with Gasteiger partial charge in [-0.15, -0.1) is 0 Å². The quantitative estimate of drug-likeness (QED) is 0.691. The lowest BCUT2D eigenvalue weighted by molar-refractivity contribution is 0.151. The van der Waals surface area contributed by atoms with E-state index in [0.29, 0.717) is 6.61 Å². The molecule has 2 fully saturated rings. The SMILES string of the molecule is CN1CCC(CC2(CO)CCCN2)C1. The number of hydrogen-bond acceptors (Lipinski definition) is 3. The lowest BCUT2D eigenvalue weighted by Crippen LogP contribution is -2.45. The highest BCUT2D eigenvalue weighted by molar-refractivity contribution is 4.95. The third kappa shape index (κ3) is 2.10. The maximum absolute atomic E-state index is 9.47. The van der Waals surface area contributed by atoms with Gasteiger partial charge in [0.25, 0.3) is 0 Å². The van der Waals surface area contributed by atoms with Gasteiger partial charge in [-0.1, -0.05) is 0 Å². The minimum absolute atomic E-state index is 0.0653. The summed E-state index contributed by atoms with van der Waals surface area (Å²) < 4.78 is 0. The highest BCUT2D eigenvalue weighted by atomic mass is 16.3. The van der Waals surface area contributed by atoms with Crippen LogP contribution in [0.2, 0.25) is 0 Å². The third-order valence-corrected chi connectivity index (χ3v) is 3.80. The summed E-state index contributed by atoms with van der Waals surface area (Å²) in [7, 11) is 2.19. The average Bonchev–Trinajstić information content (AvgIpc) is 2.77. The first kappa shape index (κ1) is 10.4. The molecular weight excluding hydrogens is 176 g/mol. The van der Waals surface area contributed by atoms with E-state index in [2.05, 4.69) is 17.3 Å². The van der Waals surface area contributed by atoms with Crippen LogP contribution < -0.4 is 5.32 Å². The van der Waals surface area contributed by atoms with Crippen LogP contribution in [-0.2, 0) is 0 Å². The maximum Gasteiger partial charge on any atom is 0.0613 e. The van der Waals surface area contributed by atoms with E-state index in [1.165, 1.54) is 25.9 Å². The predicted octanol–water partition coefficient (Wildman–Crippen LogP) is 0.443. The zero-order valence-corrected chi connectivity index (χ0v) is 9.13. The van der Waals surface area contributed by atoms with E-state index in [1.54, 1.807) is 0 Å². The molecule has 2 heterocycles. The first-order valence-corrected chi connectivity index (χ1v) is 5.78. The van der Waals surface area contributed by atoms with Gasteiger partial charge in [0.1, 0.15) is 0 Å². The van der Waals surface area contributed by atoms with Crippen molar-refractivity contribution in [2.45, 2.75) is 31.2 Å². The molecule has 3 nitrogen and oxygen atoms in total. The standard InChI is InChI=1S/C11H22N2O/c1-13-6-3-10(8-13)7-11(9-14)4-2-5-12-11/h10,12,14H,2-9H2,1H3. The Morgan fingerprint density at radius 1 is 1.57 bits per heavy atom. The highest BCUT2D eigenvalue weighted by Crippen LogP contribution is 2.30. The minimum atomic E-state index is 0.0653. The maximum atomic E-state index is 9.47. The second kappa shape index (κ2) is 4.17. The molecular formula is C11H22N2O. The van der Waals surface area contributed by atoms with Gasteiger partial charge in [0.15, 0.2) is 0 Å². The Hall–Kier alpha value is -0.120. The largest absolute Gasteiger partial charge is 0.394 e. The molecule has 0 aromatic rings. The zero-order chi connectivity index (χ0) is 10.0. The molecule has 0 saturated carbocycles. The normalized spacial score (nSPS) is 39.4. The molecule has 2 unspecified atom stereocenters. The Balaban J connectivity index is 1.88. The number of aliphatic hydroxyl groups excluding tert-OH is 1. The number of rotatable bonds is 3. The summed E-state index contributed by atoms with van der Waals surface area (Å²) in [5.74, 6) is 0.790. The van der Waals surface area contributed by atoms with Crippen molar-refractivity contribution in [3.8, 4) is 0 Å². The van der Waals surface area contributed by atoms with Crippen molar-refractivity contribution in [3.63, 3.8) is 0 Å². The molecule has 2 saturated heterocycles. The predicted molar refractivity (Wildman–Crippen MR) is 57.3 cm³/mol. The molecule has 2 atom stereocenters. The van der Waals surface area contributed by atoms with Crippen molar-refractivity contribution >= 4 is 0 Å². The molecule has 0 aliphatic carbocycles. The lowest BCUT2D eigenvalue weighted by atomic mass is 9.86. The van der Waals surface area contributed by atoms with Crippen LogP contribution in [-0.4, -0.2) is 48.8 Å². The molecule has 0 amide bonds. The molecule has 14 heavy (non-hydrogen) atoms. The average molecular weight is 198 g/mol. The van der Waals surface area contributed by atoms with Crippen LogP contribution in [0.25, 0.3) is 0 Å². The molecule has 0 radical (unpaired) electrons. The van der Waals surface area contributed by atoms with Gasteiger partial charge in [-0.25, -0.2) is 0 Å². The summed E-state index contributed by atoms with van der Waals surface area (Å²) >= 11 is 0. The van der Waals surface area contributed by atoms with Crippen LogP contribution in [0.4, 0.5) is 0 Å². The Labute approximate surface area is 86.5 Å². The molecule has 0 aromatic heterocycles. The van der Waals surface area contributed by atoms with Gasteiger partial charge in [-0.3, -0.25) is 0 Å². The molecule has 2 N–H and O–H groups in total. The summed E-state index contributed by atoms with van der Waals surface area (Å²) in [5.41, 5.74) is 0.0653. The van der Waals surface area contributed by atoms with Gasteiger partial charge in [0.2, 0.25) is 0 Å². The first-order valence-electron chi connectivity index (χ1n) is 5.78. The van der Waals surface area contributed by atoms with Crippen molar-refractivity contribution in [1.29, 1.82) is 0 Å². The Morgan fingerprint density at radius 3 is 2.93 bits per heavy atom. The van der Waals surface area contributed by atoms with Crippen molar-refractivity contribution < 1.29 is 5.11 Å². The van der Waals surface area contributed by atoms with E-state index in [4.69, 9.17) is 0 Å². The third-order valence-electron chi connectivity index (χ3n) is 3.80. The molecule has 0 bridgehead atoms. The van der Waals surface area contributed by atoms with Crippen LogP contribution in [0.5, 0.6) is 0 Å². The van der Waals surface area contributed by atoms with Crippen molar-refractivity contribution in [3.05, 3.63) is 0 Å². The highest BCUT2D eigenvalue weighted by Gasteiger charge is 2.36. The molecule has 3 heteroatoms. The first-order chi connectivity index (χ1) is 6.74. The zero-order valence-electron chi connectivity index (χ0n) is 9.13. The summed E-state index contributed by atoms with van der Waals surface area (Å²) in [6, 6.07) is 0. The van der Waals surface area contributed by atoms with Crippen LogP contribution in [0.1, 0.15) is 25.7 Å². The van der Waals surface area contributed by atoms with Crippen molar-refractivity contribution in [2.24, 2.45) is 5.92 Å². The monoisotopic (exact) mass is 198 g/mol. The molecule has 2 aliphatic heterocycles. The number of aliphatic hydroxyl groups is 1. The molecule has 2 rings (SSSR count). The summed E-state index contributed by atoms with van der Waals surface area (Å²) in [6.07, 6.45) is 4.85. The number of nitrogens with one attached hydrogen (secondary N) is 1. The molecule has 82 valence electrons. The molecule has 0 aromatic carbocycles. The van der Waals surface area contributed by atoms with Gasteiger partial charge in [0, 0.05) is 12.1 Å². The lowest BCUT2D eigenvalue weighted by Gasteiger charge is -2.30. The van der Waals surface area contributed by atoms with Gasteiger partial charge >= 0.3 is 0 Å². The topological polar surface area (TPSA) is 35.5 Å². The Bertz CT molecular complexity index is 190. The minimum Gasteiger partial charge on any atom is -0.394 e. The fraction of sp³-hybridized carbons (Fsp3) is 1.00. The van der Waals surface area contributed by atoms with Gasteiger partial charge in [-0.2, -0.15) is 0 Å². The van der Waals surface area contributed by atoms with E-state index in [0.717, 1.165) is 25.3 Å².